The third kappa shape index (κ3) is 4.92. The summed E-state index contributed by atoms with van der Waals surface area (Å²) in [6, 6.07) is 5.61. The first-order valence-corrected chi connectivity index (χ1v) is 7.68. The van der Waals surface area contributed by atoms with E-state index in [1.165, 1.54) is 12.1 Å². The molecule has 1 saturated heterocycles. The zero-order chi connectivity index (χ0) is 17.3. The molecule has 2 rings (SSSR count). The van der Waals surface area contributed by atoms with E-state index >= 15 is 0 Å². The fraction of sp³-hybridized carbons (Fsp3) is 0.562. The molecule has 1 aromatic carbocycles. The monoisotopic (exact) mass is 320 g/mol. The Bertz CT molecular complexity index is 597. The Kier molecular flexibility index (Phi) is 4.61. The van der Waals surface area contributed by atoms with Gasteiger partial charge in [0.25, 0.3) is 5.69 Å². The number of benzene rings is 1. The molecule has 0 bridgehead atoms. The van der Waals surface area contributed by atoms with Crippen LogP contribution in [0.3, 0.4) is 0 Å². The molecule has 7 heteroatoms. The molecule has 1 aliphatic heterocycles. The second-order valence-electron chi connectivity index (χ2n) is 7.40. The average Bonchev–Trinajstić information content (AvgIpc) is 2.34. The second kappa shape index (κ2) is 6.16. The third-order valence-corrected chi connectivity index (χ3v) is 3.84. The summed E-state index contributed by atoms with van der Waals surface area (Å²) in [7, 11) is 0. The number of hydrogen-bond acceptors (Lipinski definition) is 4. The lowest BCUT2D eigenvalue weighted by atomic mass is 9.80. The van der Waals surface area contributed by atoms with Crippen LogP contribution in [0.5, 0.6) is 0 Å². The summed E-state index contributed by atoms with van der Waals surface area (Å²) in [4.78, 5) is 22.5. The molecule has 1 fully saturated rings. The van der Waals surface area contributed by atoms with Gasteiger partial charge in [-0.25, -0.2) is 4.79 Å². The van der Waals surface area contributed by atoms with Crippen LogP contribution in [-0.2, 0) is 0 Å². The Morgan fingerprint density at radius 3 is 2.43 bits per heavy atom. The predicted octanol–water partition coefficient (Wildman–Crippen LogP) is 3.03. The smallest absolute Gasteiger partial charge is 0.319 e. The van der Waals surface area contributed by atoms with Gasteiger partial charge in [0.15, 0.2) is 0 Å². The molecule has 2 amide bonds. The molecule has 1 heterocycles. The molecule has 7 nitrogen and oxygen atoms in total. The first kappa shape index (κ1) is 17.2. The van der Waals surface area contributed by atoms with Crippen LogP contribution in [0.1, 0.15) is 40.5 Å². The zero-order valence-corrected chi connectivity index (χ0v) is 14.0. The molecule has 0 aliphatic carbocycles. The van der Waals surface area contributed by atoms with E-state index in [0.29, 0.717) is 5.69 Å². The fourth-order valence-electron chi connectivity index (χ4n) is 3.47. The summed E-state index contributed by atoms with van der Waals surface area (Å²) >= 11 is 0. The number of anilines is 1. The number of nitro groups is 1. The largest absolute Gasteiger partial charge is 0.335 e. The van der Waals surface area contributed by atoms with E-state index < -0.39 is 4.92 Å². The van der Waals surface area contributed by atoms with Crippen LogP contribution < -0.4 is 16.0 Å². The summed E-state index contributed by atoms with van der Waals surface area (Å²) in [5.74, 6) is 0. The lowest BCUT2D eigenvalue weighted by molar-refractivity contribution is -0.384. The van der Waals surface area contributed by atoms with E-state index in [9.17, 15) is 14.9 Å². The SMILES string of the molecule is CC1(C)CC(NC(=O)Nc2cccc([N+](=O)[O-])c2)CC(C)(C)N1. The number of nitrogens with zero attached hydrogens (tertiary/aromatic N) is 1. The number of nitro benzene ring substituents is 1. The van der Waals surface area contributed by atoms with Gasteiger partial charge in [-0.2, -0.15) is 0 Å². The number of nitrogens with one attached hydrogen (secondary N) is 3. The quantitative estimate of drug-likeness (QED) is 0.589. The Hall–Kier alpha value is -2.15. The number of carbonyl (C=O) groups is 1. The number of urea groups is 1. The highest BCUT2D eigenvalue weighted by Crippen LogP contribution is 2.28. The van der Waals surface area contributed by atoms with E-state index in [1.807, 2.05) is 0 Å². The second-order valence-corrected chi connectivity index (χ2v) is 7.40. The Labute approximate surface area is 136 Å². The molecular formula is C16H24N4O3. The van der Waals surface area contributed by atoms with E-state index in [2.05, 4.69) is 43.6 Å². The normalized spacial score (nSPS) is 19.8. The number of rotatable bonds is 3. The van der Waals surface area contributed by atoms with Crippen molar-refractivity contribution < 1.29 is 9.72 Å². The molecule has 0 saturated carbocycles. The lowest BCUT2D eigenvalue weighted by Gasteiger charge is -2.46. The zero-order valence-electron chi connectivity index (χ0n) is 14.0. The topological polar surface area (TPSA) is 96.3 Å². The van der Waals surface area contributed by atoms with E-state index in [1.54, 1.807) is 12.1 Å². The van der Waals surface area contributed by atoms with Gasteiger partial charge in [-0.05, 0) is 46.6 Å². The maximum absolute atomic E-state index is 12.2. The number of amides is 2. The van der Waals surface area contributed by atoms with Crippen molar-refractivity contribution in [3.63, 3.8) is 0 Å². The lowest BCUT2D eigenvalue weighted by Crippen LogP contribution is -2.62. The first-order valence-electron chi connectivity index (χ1n) is 7.68. The van der Waals surface area contributed by atoms with Gasteiger partial charge in [0.05, 0.1) is 4.92 Å². The average molecular weight is 320 g/mol. The molecule has 126 valence electrons. The van der Waals surface area contributed by atoms with Gasteiger partial charge in [-0.15, -0.1) is 0 Å². The highest BCUT2D eigenvalue weighted by atomic mass is 16.6. The van der Waals surface area contributed by atoms with Crippen LogP contribution in [0.25, 0.3) is 0 Å². The summed E-state index contributed by atoms with van der Waals surface area (Å²) in [5, 5.41) is 20.0. The molecule has 0 atom stereocenters. The number of non-ortho nitro benzene ring substituents is 1. The van der Waals surface area contributed by atoms with Crippen molar-refractivity contribution in [2.24, 2.45) is 0 Å². The van der Waals surface area contributed by atoms with Crippen molar-refractivity contribution in [2.45, 2.75) is 57.7 Å². The van der Waals surface area contributed by atoms with Crippen molar-refractivity contribution in [2.75, 3.05) is 5.32 Å². The van der Waals surface area contributed by atoms with Crippen LogP contribution in [-0.4, -0.2) is 28.1 Å². The van der Waals surface area contributed by atoms with Crippen LogP contribution >= 0.6 is 0 Å². The minimum atomic E-state index is -0.485. The number of hydrogen-bond donors (Lipinski definition) is 3. The van der Waals surface area contributed by atoms with E-state index in [4.69, 9.17) is 0 Å². The van der Waals surface area contributed by atoms with Gasteiger partial charge >= 0.3 is 6.03 Å². The van der Waals surface area contributed by atoms with Gasteiger partial charge in [0.2, 0.25) is 0 Å². The number of carbonyl (C=O) groups excluding carboxylic acids is 1. The molecule has 23 heavy (non-hydrogen) atoms. The molecule has 0 radical (unpaired) electrons. The Morgan fingerprint density at radius 1 is 1.26 bits per heavy atom. The van der Waals surface area contributed by atoms with Crippen molar-refractivity contribution >= 4 is 17.4 Å². The summed E-state index contributed by atoms with van der Waals surface area (Å²) in [5.41, 5.74) is 0.229. The molecule has 0 aromatic heterocycles. The third-order valence-electron chi connectivity index (χ3n) is 3.84. The van der Waals surface area contributed by atoms with Crippen molar-refractivity contribution in [3.05, 3.63) is 34.4 Å². The predicted molar refractivity (Wildman–Crippen MR) is 89.6 cm³/mol. The summed E-state index contributed by atoms with van der Waals surface area (Å²) in [6.07, 6.45) is 1.64. The van der Waals surface area contributed by atoms with Crippen LogP contribution in [0.2, 0.25) is 0 Å². The molecule has 0 spiro atoms. The Balaban J connectivity index is 1.99. The van der Waals surface area contributed by atoms with Gasteiger partial charge in [0.1, 0.15) is 0 Å². The highest BCUT2D eigenvalue weighted by Gasteiger charge is 2.38. The number of piperidine rings is 1. The molecular weight excluding hydrogens is 296 g/mol. The van der Waals surface area contributed by atoms with Crippen LogP contribution in [0.4, 0.5) is 16.2 Å². The molecule has 1 aliphatic rings. The molecule has 3 N–H and O–H groups in total. The molecule has 0 unspecified atom stereocenters. The van der Waals surface area contributed by atoms with Gasteiger partial charge < -0.3 is 16.0 Å². The maximum atomic E-state index is 12.2. The minimum absolute atomic E-state index is 0.0416. The summed E-state index contributed by atoms with van der Waals surface area (Å²) < 4.78 is 0. The highest BCUT2D eigenvalue weighted by molar-refractivity contribution is 5.89. The fourth-order valence-corrected chi connectivity index (χ4v) is 3.47. The van der Waals surface area contributed by atoms with Crippen molar-refractivity contribution in [1.82, 2.24) is 10.6 Å². The van der Waals surface area contributed by atoms with Gasteiger partial charge in [0, 0.05) is 34.9 Å². The van der Waals surface area contributed by atoms with E-state index in [-0.39, 0.29) is 28.8 Å². The Morgan fingerprint density at radius 2 is 1.87 bits per heavy atom. The molecule has 1 aromatic rings. The summed E-state index contributed by atoms with van der Waals surface area (Å²) in [6.45, 7) is 8.45. The first-order chi connectivity index (χ1) is 10.6. The van der Waals surface area contributed by atoms with Gasteiger partial charge in [-0.3, -0.25) is 10.1 Å². The standard InChI is InChI=1S/C16H24N4O3/c1-15(2)9-12(10-16(3,4)19-15)18-14(21)17-11-6-5-7-13(8-11)20(22)23/h5-8,12,19H,9-10H2,1-4H3,(H2,17,18,21). The minimum Gasteiger partial charge on any atom is -0.335 e. The van der Waals surface area contributed by atoms with Crippen LogP contribution in [0, 0.1) is 10.1 Å². The van der Waals surface area contributed by atoms with Crippen LogP contribution in [0.15, 0.2) is 24.3 Å². The maximum Gasteiger partial charge on any atom is 0.319 e. The van der Waals surface area contributed by atoms with Crippen molar-refractivity contribution in [1.29, 1.82) is 0 Å². The van der Waals surface area contributed by atoms with Gasteiger partial charge in [-0.1, -0.05) is 6.07 Å². The van der Waals surface area contributed by atoms with Crippen molar-refractivity contribution in [3.8, 4) is 0 Å². The van der Waals surface area contributed by atoms with E-state index in [0.717, 1.165) is 12.8 Å².